The Hall–Kier alpha value is -9.36. The zero-order valence-corrected chi connectivity index (χ0v) is 50.4. The fourth-order valence-electron chi connectivity index (χ4n) is 12.9. The molecule has 0 saturated heterocycles. The molecule has 0 unspecified atom stereocenters. The van der Waals surface area contributed by atoms with Crippen molar-refractivity contribution in [3.63, 3.8) is 0 Å². The highest BCUT2D eigenvalue weighted by molar-refractivity contribution is 7.00. The van der Waals surface area contributed by atoms with Crippen LogP contribution >= 0.6 is 0 Å². The monoisotopic (exact) mass is 1090 g/mol. The summed E-state index contributed by atoms with van der Waals surface area (Å²) < 4.78 is 2.39. The quantitative estimate of drug-likeness (QED) is 0.156. The topological polar surface area (TPSA) is 59.0 Å². The van der Waals surface area contributed by atoms with Crippen molar-refractivity contribution < 1.29 is 0 Å². The van der Waals surface area contributed by atoms with Crippen LogP contribution in [0.4, 0.5) is 34.1 Å². The minimum Gasteiger partial charge on any atom is -0.311 e. The Labute approximate surface area is 496 Å². The zero-order chi connectivity index (χ0) is 58.8. The molecular formula is C78H70BN5. The van der Waals surface area contributed by atoms with E-state index < -0.39 is 0 Å². The molecule has 5 nitrogen and oxygen atoms in total. The van der Waals surface area contributed by atoms with Gasteiger partial charge in [0.05, 0.1) is 40.0 Å². The predicted molar refractivity (Wildman–Crippen MR) is 355 cm³/mol. The number of hydrogen-bond donors (Lipinski definition) is 0. The Morgan fingerprint density at radius 1 is 0.333 bits per heavy atom. The van der Waals surface area contributed by atoms with Crippen molar-refractivity contribution >= 4 is 79.0 Å². The molecule has 2 aliphatic rings. The van der Waals surface area contributed by atoms with Crippen molar-refractivity contribution in [1.82, 2.24) is 4.57 Å². The summed E-state index contributed by atoms with van der Waals surface area (Å²) in [7, 11) is 0. The standard InChI is InChI=1S/C78H70BN5/c1-75(2,3)56-41-57(76(4,5)6)44-60(43-56)82-70-29-17-14-26-65(70)79-66-27-15-18-30-71(66)83(61-45-58(77(7,8)9)42-59(46-61)78(10,11)12)73-40-55(39-72(82)74(73)79)53-32-34-69-64(38-53)62-25-13-16-28-67(62)84(69)68-33-31-52(51-23-19-21-49(35-51)47-80)37-63(68)54-24-20-22-50(36-54)48-81/h13-46H,1-12H3. The molecule has 0 N–H and O–H groups in total. The molecule has 10 aromatic carbocycles. The smallest absolute Gasteiger partial charge is 0.252 e. The lowest BCUT2D eigenvalue weighted by Gasteiger charge is -2.45. The van der Waals surface area contributed by atoms with Crippen molar-refractivity contribution in [2.45, 2.75) is 105 Å². The Morgan fingerprint density at radius 3 is 1.30 bits per heavy atom. The van der Waals surface area contributed by atoms with Gasteiger partial charge < -0.3 is 14.4 Å². The molecule has 84 heavy (non-hydrogen) atoms. The van der Waals surface area contributed by atoms with Crippen LogP contribution < -0.4 is 26.2 Å². The third-order valence-corrected chi connectivity index (χ3v) is 17.6. The van der Waals surface area contributed by atoms with Gasteiger partial charge in [-0.3, -0.25) is 0 Å². The van der Waals surface area contributed by atoms with Crippen molar-refractivity contribution in [1.29, 1.82) is 10.5 Å². The fourth-order valence-corrected chi connectivity index (χ4v) is 12.9. The largest absolute Gasteiger partial charge is 0.311 e. The molecule has 1 aromatic heterocycles. The Morgan fingerprint density at radius 2 is 0.774 bits per heavy atom. The van der Waals surface area contributed by atoms with Crippen molar-refractivity contribution in [2.24, 2.45) is 0 Å². The number of fused-ring (bicyclic) bond motifs is 7. The van der Waals surface area contributed by atoms with Gasteiger partial charge in [-0.2, -0.15) is 10.5 Å². The molecule has 0 spiro atoms. The van der Waals surface area contributed by atoms with E-state index in [0.717, 1.165) is 72.2 Å². The molecule has 410 valence electrons. The Balaban J connectivity index is 1.10. The molecule has 6 heteroatoms. The van der Waals surface area contributed by atoms with E-state index in [4.69, 9.17) is 0 Å². The van der Waals surface area contributed by atoms with Crippen molar-refractivity contribution in [2.75, 3.05) is 9.80 Å². The van der Waals surface area contributed by atoms with Gasteiger partial charge in [0.25, 0.3) is 6.71 Å². The summed E-state index contributed by atoms with van der Waals surface area (Å²) >= 11 is 0. The molecule has 11 aromatic rings. The average molecular weight is 1090 g/mol. The van der Waals surface area contributed by atoms with E-state index in [1.54, 1.807) is 0 Å². The fraction of sp³-hybridized carbons (Fsp3) is 0.205. The number of anilines is 6. The number of aromatic nitrogens is 1. The highest BCUT2D eigenvalue weighted by Gasteiger charge is 2.44. The van der Waals surface area contributed by atoms with Crippen LogP contribution in [0.2, 0.25) is 0 Å². The Bertz CT molecular complexity index is 4380. The maximum atomic E-state index is 10.2. The molecule has 13 rings (SSSR count). The Kier molecular flexibility index (Phi) is 12.6. The molecule has 2 aliphatic heterocycles. The first-order valence-corrected chi connectivity index (χ1v) is 29.5. The van der Waals surface area contributed by atoms with Gasteiger partial charge in [-0.1, -0.05) is 186 Å². The van der Waals surface area contributed by atoms with Gasteiger partial charge in [-0.05, 0) is 191 Å². The second kappa shape index (κ2) is 19.6. The minimum absolute atomic E-state index is 0.0325. The first-order valence-electron chi connectivity index (χ1n) is 29.5. The predicted octanol–water partition coefficient (Wildman–Crippen LogP) is 18.8. The minimum atomic E-state index is -0.101. The number of rotatable bonds is 6. The number of nitriles is 2. The highest BCUT2D eigenvalue weighted by Crippen LogP contribution is 2.49. The summed E-state index contributed by atoms with van der Waals surface area (Å²) in [4.78, 5) is 5.18. The summed E-state index contributed by atoms with van der Waals surface area (Å²) in [6, 6.07) is 80.6. The van der Waals surface area contributed by atoms with E-state index in [1.165, 1.54) is 61.4 Å². The molecule has 0 aliphatic carbocycles. The van der Waals surface area contributed by atoms with E-state index >= 15 is 0 Å². The summed E-state index contributed by atoms with van der Waals surface area (Å²) in [6.45, 7) is 28.0. The maximum absolute atomic E-state index is 10.2. The molecule has 0 fully saturated rings. The van der Waals surface area contributed by atoms with Crippen molar-refractivity contribution in [3.05, 3.63) is 240 Å². The van der Waals surface area contributed by atoms with E-state index in [2.05, 4.69) is 279 Å². The third kappa shape index (κ3) is 9.17. The second-order valence-electron chi connectivity index (χ2n) is 27.4. The summed E-state index contributed by atoms with van der Waals surface area (Å²) in [5.74, 6) is 0. The first-order chi connectivity index (χ1) is 40.1. The zero-order valence-electron chi connectivity index (χ0n) is 50.4. The lowest BCUT2D eigenvalue weighted by Crippen LogP contribution is -2.61. The maximum Gasteiger partial charge on any atom is 0.252 e. The molecule has 0 radical (unpaired) electrons. The molecular weight excluding hydrogens is 1020 g/mol. The number of para-hydroxylation sites is 3. The van der Waals surface area contributed by atoms with E-state index in [-0.39, 0.29) is 28.4 Å². The SMILES string of the molecule is CC(C)(C)c1cc(N2c3ccccc3B3c4ccccc4N(c4cc(C(C)(C)C)cc(C(C)(C)C)c4)c4cc(-c5ccc6c(c5)c5ccccc5n6-c5ccc(-c6cccc(C#N)c6)cc5-c5cccc(C#N)c5)cc2c43)cc(C(C)(C)C)c1. The van der Waals surface area contributed by atoms with Gasteiger partial charge in [0.15, 0.2) is 0 Å². The number of hydrogen-bond acceptors (Lipinski definition) is 4. The number of benzene rings is 10. The van der Waals surface area contributed by atoms with Gasteiger partial charge in [0.1, 0.15) is 0 Å². The molecule has 0 saturated carbocycles. The van der Waals surface area contributed by atoms with Crippen LogP contribution in [0.25, 0.3) is 60.9 Å². The van der Waals surface area contributed by atoms with Gasteiger partial charge >= 0.3 is 0 Å². The second-order valence-corrected chi connectivity index (χ2v) is 27.4. The van der Waals surface area contributed by atoms with Crippen LogP contribution in [0.1, 0.15) is 116 Å². The summed E-state index contributed by atoms with van der Waals surface area (Å²) in [5, 5.41) is 22.3. The first kappa shape index (κ1) is 53.9. The summed E-state index contributed by atoms with van der Waals surface area (Å²) in [5.41, 5.74) is 26.2. The van der Waals surface area contributed by atoms with Gasteiger partial charge in [-0.15, -0.1) is 0 Å². The van der Waals surface area contributed by atoms with Crippen LogP contribution in [0, 0.1) is 22.7 Å². The van der Waals surface area contributed by atoms with E-state index in [1.807, 2.05) is 36.4 Å². The van der Waals surface area contributed by atoms with Crippen LogP contribution in [-0.4, -0.2) is 11.3 Å². The average Bonchev–Trinajstić information content (AvgIpc) is 0.981. The molecule has 0 atom stereocenters. The summed E-state index contributed by atoms with van der Waals surface area (Å²) in [6.07, 6.45) is 0. The molecule has 0 amide bonds. The van der Waals surface area contributed by atoms with E-state index in [0.29, 0.717) is 11.1 Å². The lowest BCUT2D eigenvalue weighted by molar-refractivity contribution is 0.568. The van der Waals surface area contributed by atoms with Crippen LogP contribution in [0.5, 0.6) is 0 Å². The van der Waals surface area contributed by atoms with Gasteiger partial charge in [0.2, 0.25) is 0 Å². The van der Waals surface area contributed by atoms with Gasteiger partial charge in [-0.25, -0.2) is 0 Å². The molecule has 3 heterocycles. The van der Waals surface area contributed by atoms with Crippen molar-refractivity contribution in [3.8, 4) is 51.2 Å². The van der Waals surface area contributed by atoms with Crippen LogP contribution in [-0.2, 0) is 21.7 Å². The normalized spacial score (nSPS) is 13.1. The van der Waals surface area contributed by atoms with E-state index in [9.17, 15) is 10.5 Å². The van der Waals surface area contributed by atoms with Gasteiger partial charge in [0, 0.05) is 50.5 Å². The highest BCUT2D eigenvalue weighted by atomic mass is 15.2. The van der Waals surface area contributed by atoms with Crippen LogP contribution in [0.3, 0.4) is 0 Å². The third-order valence-electron chi connectivity index (χ3n) is 17.6. The molecule has 0 bridgehead atoms. The lowest BCUT2D eigenvalue weighted by atomic mass is 9.33. The van der Waals surface area contributed by atoms with Crippen LogP contribution in [0.15, 0.2) is 206 Å². The number of nitrogens with zero attached hydrogens (tertiary/aromatic N) is 5.